The summed E-state index contributed by atoms with van der Waals surface area (Å²) in [4.78, 5) is 34.8. The lowest BCUT2D eigenvalue weighted by Crippen LogP contribution is -2.33. The van der Waals surface area contributed by atoms with Gasteiger partial charge in [0.15, 0.2) is 0 Å². The molecule has 0 radical (unpaired) electrons. The van der Waals surface area contributed by atoms with Gasteiger partial charge in [-0.05, 0) is 55.3 Å². The van der Waals surface area contributed by atoms with Crippen LogP contribution in [0.3, 0.4) is 0 Å². The lowest BCUT2D eigenvalue weighted by Gasteiger charge is -2.11. The maximum Gasteiger partial charge on any atom is 0.273 e. The topological polar surface area (TPSA) is 148 Å². The Labute approximate surface area is 202 Å². The maximum absolute atomic E-state index is 12.6. The summed E-state index contributed by atoms with van der Waals surface area (Å²) >= 11 is 0. The van der Waals surface area contributed by atoms with Crippen molar-refractivity contribution in [3.05, 3.63) is 93.5 Å². The minimum atomic E-state index is -4.08. The number of nitrogens with one attached hydrogen (secondary N) is 3. The summed E-state index contributed by atoms with van der Waals surface area (Å²) in [7, 11) is -4.08. The first kappa shape index (κ1) is 25.4. The number of para-hydroxylation sites is 1. The Morgan fingerprint density at radius 1 is 1.00 bits per heavy atom. The van der Waals surface area contributed by atoms with Crippen molar-refractivity contribution in [2.75, 3.05) is 16.6 Å². The number of carbonyl (C=O) groups is 2. The summed E-state index contributed by atoms with van der Waals surface area (Å²) in [5.41, 5.74) is 2.09. The summed E-state index contributed by atoms with van der Waals surface area (Å²) in [6.07, 6.45) is 0.750. The van der Waals surface area contributed by atoms with Crippen LogP contribution in [0.4, 0.5) is 17.1 Å². The van der Waals surface area contributed by atoms with E-state index in [1.54, 1.807) is 6.07 Å². The Bertz CT molecular complexity index is 1370. The van der Waals surface area contributed by atoms with Gasteiger partial charge in [0, 0.05) is 28.6 Å². The minimum Gasteiger partial charge on any atom is -0.343 e. The molecule has 0 aliphatic heterocycles. The lowest BCUT2D eigenvalue weighted by atomic mass is 10.1. The van der Waals surface area contributed by atoms with E-state index in [0.29, 0.717) is 11.3 Å². The first-order chi connectivity index (χ1) is 16.6. The van der Waals surface area contributed by atoms with Gasteiger partial charge in [-0.15, -0.1) is 0 Å². The second-order valence-electron chi connectivity index (χ2n) is 7.63. The molecule has 0 aromatic heterocycles. The van der Waals surface area contributed by atoms with E-state index in [1.807, 2.05) is 25.1 Å². The summed E-state index contributed by atoms with van der Waals surface area (Å²) in [5, 5.41) is 16.4. The number of anilines is 2. The number of rotatable bonds is 9. The Balaban J connectivity index is 1.61. The first-order valence-electron chi connectivity index (χ1n) is 10.6. The van der Waals surface area contributed by atoms with Crippen molar-refractivity contribution in [1.29, 1.82) is 0 Å². The van der Waals surface area contributed by atoms with E-state index in [0.717, 1.165) is 18.1 Å². The van der Waals surface area contributed by atoms with Crippen molar-refractivity contribution in [2.24, 2.45) is 0 Å². The third-order valence-corrected chi connectivity index (χ3v) is 6.55. The number of nitrogens with zero attached hydrogens (tertiary/aromatic N) is 1. The van der Waals surface area contributed by atoms with Crippen molar-refractivity contribution in [1.82, 2.24) is 5.32 Å². The molecule has 3 rings (SSSR count). The Kier molecular flexibility index (Phi) is 7.82. The number of amides is 2. The molecule has 2 amide bonds. The molecule has 0 atom stereocenters. The van der Waals surface area contributed by atoms with Crippen LogP contribution in [-0.4, -0.2) is 31.7 Å². The minimum absolute atomic E-state index is 0.165. The summed E-state index contributed by atoms with van der Waals surface area (Å²) in [6.45, 7) is 3.25. The smallest absolute Gasteiger partial charge is 0.273 e. The second-order valence-corrected chi connectivity index (χ2v) is 9.31. The first-order valence-corrected chi connectivity index (χ1v) is 12.1. The van der Waals surface area contributed by atoms with Gasteiger partial charge in [0.25, 0.3) is 21.6 Å². The van der Waals surface area contributed by atoms with Crippen LogP contribution in [0.1, 0.15) is 28.4 Å². The van der Waals surface area contributed by atoms with Crippen LogP contribution in [0.25, 0.3) is 0 Å². The van der Waals surface area contributed by atoms with E-state index < -0.39 is 20.9 Å². The van der Waals surface area contributed by atoms with Gasteiger partial charge in [-0.1, -0.05) is 31.2 Å². The number of hydrogen-bond donors (Lipinski definition) is 3. The van der Waals surface area contributed by atoms with Gasteiger partial charge in [-0.3, -0.25) is 24.4 Å². The molecule has 11 heteroatoms. The molecule has 0 unspecified atom stereocenters. The molecule has 0 heterocycles. The highest BCUT2D eigenvalue weighted by molar-refractivity contribution is 7.92. The molecule has 3 N–H and O–H groups in total. The Morgan fingerprint density at radius 2 is 1.69 bits per heavy atom. The van der Waals surface area contributed by atoms with Crippen molar-refractivity contribution in [2.45, 2.75) is 25.2 Å². The zero-order valence-electron chi connectivity index (χ0n) is 19.1. The monoisotopic (exact) mass is 496 g/mol. The number of aryl methyl sites for hydroxylation is 2. The molecule has 0 spiro atoms. The van der Waals surface area contributed by atoms with Crippen LogP contribution < -0.4 is 15.4 Å². The highest BCUT2D eigenvalue weighted by Gasteiger charge is 2.20. The Hall–Kier alpha value is -4.25. The molecule has 0 fully saturated rings. The van der Waals surface area contributed by atoms with Gasteiger partial charge in [-0.2, -0.15) is 0 Å². The molecule has 10 nitrogen and oxygen atoms in total. The fourth-order valence-corrected chi connectivity index (χ4v) is 4.34. The van der Waals surface area contributed by atoms with Crippen molar-refractivity contribution >= 4 is 38.9 Å². The van der Waals surface area contributed by atoms with Crippen molar-refractivity contribution in [3.63, 3.8) is 0 Å². The molecule has 0 aliphatic carbocycles. The number of hydrogen-bond acceptors (Lipinski definition) is 6. The van der Waals surface area contributed by atoms with Crippen LogP contribution in [0, 0.1) is 17.0 Å². The van der Waals surface area contributed by atoms with Gasteiger partial charge in [0.05, 0.1) is 16.4 Å². The van der Waals surface area contributed by atoms with Crippen molar-refractivity contribution in [3.8, 4) is 0 Å². The molecule has 0 aliphatic rings. The number of sulfonamides is 1. The van der Waals surface area contributed by atoms with E-state index in [2.05, 4.69) is 15.4 Å². The van der Waals surface area contributed by atoms with E-state index in [4.69, 9.17) is 0 Å². The average molecular weight is 497 g/mol. The standard InChI is InChI=1S/C24H24N4O6S/c1-3-17-6-4-5-7-21(17)26-23(29)15-25-24(30)18-9-11-19(12-10-18)27-35(33,34)20-13-8-16(2)22(14-20)28(31)32/h4-14,27H,3,15H2,1-2H3,(H,25,30)(H,26,29). The zero-order chi connectivity index (χ0) is 25.6. The lowest BCUT2D eigenvalue weighted by molar-refractivity contribution is -0.385. The van der Waals surface area contributed by atoms with E-state index >= 15 is 0 Å². The Morgan fingerprint density at radius 3 is 2.34 bits per heavy atom. The molecular formula is C24H24N4O6S. The van der Waals surface area contributed by atoms with Gasteiger partial charge >= 0.3 is 0 Å². The van der Waals surface area contributed by atoms with Crippen molar-refractivity contribution < 1.29 is 22.9 Å². The number of benzene rings is 3. The van der Waals surface area contributed by atoms with Crippen LogP contribution >= 0.6 is 0 Å². The normalized spacial score (nSPS) is 10.9. The SMILES string of the molecule is CCc1ccccc1NC(=O)CNC(=O)c1ccc(NS(=O)(=O)c2ccc(C)c([N+](=O)[O-])c2)cc1. The predicted molar refractivity (Wildman–Crippen MR) is 132 cm³/mol. The molecule has 0 saturated heterocycles. The summed E-state index contributed by atoms with van der Waals surface area (Å²) < 4.78 is 27.6. The molecule has 182 valence electrons. The fourth-order valence-electron chi connectivity index (χ4n) is 3.26. The average Bonchev–Trinajstić information content (AvgIpc) is 2.83. The third kappa shape index (κ3) is 6.42. The molecule has 35 heavy (non-hydrogen) atoms. The van der Waals surface area contributed by atoms with Crippen LogP contribution in [0.5, 0.6) is 0 Å². The highest BCUT2D eigenvalue weighted by Crippen LogP contribution is 2.24. The van der Waals surface area contributed by atoms with Crippen LogP contribution in [-0.2, 0) is 21.2 Å². The number of carbonyl (C=O) groups excluding carboxylic acids is 2. The van der Waals surface area contributed by atoms with E-state index in [-0.39, 0.29) is 34.3 Å². The van der Waals surface area contributed by atoms with Gasteiger partial charge in [-0.25, -0.2) is 8.42 Å². The molecule has 3 aromatic rings. The quantitative estimate of drug-likeness (QED) is 0.304. The molecule has 0 bridgehead atoms. The summed E-state index contributed by atoms with van der Waals surface area (Å²) in [5.74, 6) is -0.886. The van der Waals surface area contributed by atoms with Gasteiger partial charge < -0.3 is 10.6 Å². The van der Waals surface area contributed by atoms with E-state index in [1.165, 1.54) is 43.3 Å². The van der Waals surface area contributed by atoms with Crippen LogP contribution in [0.15, 0.2) is 71.6 Å². The number of nitro groups is 1. The molecular weight excluding hydrogens is 472 g/mol. The fraction of sp³-hybridized carbons (Fsp3) is 0.167. The molecule has 3 aromatic carbocycles. The second kappa shape index (κ2) is 10.8. The third-order valence-electron chi connectivity index (χ3n) is 5.17. The maximum atomic E-state index is 12.6. The van der Waals surface area contributed by atoms with Gasteiger partial charge in [0.1, 0.15) is 0 Å². The zero-order valence-corrected chi connectivity index (χ0v) is 19.9. The number of nitro benzene ring substituents is 1. The van der Waals surface area contributed by atoms with Crippen LogP contribution in [0.2, 0.25) is 0 Å². The highest BCUT2D eigenvalue weighted by atomic mass is 32.2. The predicted octanol–water partition coefficient (Wildman–Crippen LogP) is 3.63. The largest absolute Gasteiger partial charge is 0.343 e. The van der Waals surface area contributed by atoms with E-state index in [9.17, 15) is 28.1 Å². The summed E-state index contributed by atoms with van der Waals surface area (Å²) in [6, 6.07) is 16.6. The van der Waals surface area contributed by atoms with Gasteiger partial charge in [0.2, 0.25) is 5.91 Å². The molecule has 0 saturated carbocycles.